The molecule has 1 amide bonds. The molecule has 4 rings (SSSR count). The van der Waals surface area contributed by atoms with Crippen LogP contribution in [0.1, 0.15) is 25.7 Å². The normalized spacial score (nSPS) is 19.0. The Bertz CT molecular complexity index is 1120. The molecule has 1 aromatic carbocycles. The lowest BCUT2D eigenvalue weighted by molar-refractivity contribution is -0.121. The number of hydrogen-bond donors (Lipinski definition) is 1. The monoisotopic (exact) mass is 413 g/mol. The third-order valence-corrected chi connectivity index (χ3v) is 5.93. The number of anilines is 1. The van der Waals surface area contributed by atoms with E-state index in [1.165, 1.54) is 30.1 Å². The minimum absolute atomic E-state index is 0.0102. The number of hydrogen-bond acceptors (Lipinski definition) is 5. The lowest BCUT2D eigenvalue weighted by atomic mass is 9.81. The Kier molecular flexibility index (Phi) is 5.52. The van der Waals surface area contributed by atoms with Gasteiger partial charge in [0.2, 0.25) is 5.91 Å². The Hall–Kier alpha value is -3.23. The molecule has 0 unspecified atom stereocenters. The fraction of sp³-hybridized carbons (Fsp3) is 0.429. The SMILES string of the molecule is COc1cc2c(cc1F)n(C)c(=O)n2CC1CCC(C(=O)Nc2ccnnc2)CC1. The van der Waals surface area contributed by atoms with E-state index in [0.717, 1.165) is 25.7 Å². The molecule has 1 saturated carbocycles. The Labute approximate surface area is 172 Å². The molecule has 1 aliphatic carbocycles. The first-order valence-corrected chi connectivity index (χ1v) is 9.98. The second-order valence-corrected chi connectivity index (χ2v) is 7.77. The summed E-state index contributed by atoms with van der Waals surface area (Å²) >= 11 is 0. The summed E-state index contributed by atoms with van der Waals surface area (Å²) in [6, 6.07) is 4.62. The van der Waals surface area contributed by atoms with Crippen molar-refractivity contribution in [2.45, 2.75) is 32.2 Å². The van der Waals surface area contributed by atoms with Crippen LogP contribution in [-0.2, 0) is 18.4 Å². The number of benzene rings is 1. The van der Waals surface area contributed by atoms with Crippen LogP contribution < -0.4 is 15.7 Å². The van der Waals surface area contributed by atoms with Gasteiger partial charge in [-0.25, -0.2) is 9.18 Å². The highest BCUT2D eigenvalue weighted by Gasteiger charge is 2.28. The topological polar surface area (TPSA) is 91.0 Å². The number of carbonyl (C=O) groups excluding carboxylic acids is 1. The molecule has 2 heterocycles. The van der Waals surface area contributed by atoms with Gasteiger partial charge >= 0.3 is 5.69 Å². The molecule has 0 aliphatic heterocycles. The van der Waals surface area contributed by atoms with Crippen molar-refractivity contribution in [2.24, 2.45) is 18.9 Å². The lowest BCUT2D eigenvalue weighted by Crippen LogP contribution is -2.30. The number of ether oxygens (including phenoxy) is 1. The number of halogens is 1. The minimum Gasteiger partial charge on any atom is -0.494 e. The maximum absolute atomic E-state index is 14.1. The zero-order chi connectivity index (χ0) is 21.3. The molecule has 0 bridgehead atoms. The van der Waals surface area contributed by atoms with Gasteiger partial charge in [-0.05, 0) is 37.7 Å². The fourth-order valence-electron chi connectivity index (χ4n) is 4.21. The number of aryl methyl sites for hydroxylation is 1. The van der Waals surface area contributed by atoms with Gasteiger partial charge in [0, 0.05) is 31.6 Å². The molecule has 9 heteroatoms. The average Bonchev–Trinajstić information content (AvgIpc) is 2.98. The van der Waals surface area contributed by atoms with Crippen LogP contribution in [-0.4, -0.2) is 32.3 Å². The average molecular weight is 413 g/mol. The van der Waals surface area contributed by atoms with Gasteiger partial charge in [0.1, 0.15) is 0 Å². The molecular weight excluding hydrogens is 389 g/mol. The van der Waals surface area contributed by atoms with Crippen molar-refractivity contribution >= 4 is 22.6 Å². The van der Waals surface area contributed by atoms with Crippen LogP contribution in [0.2, 0.25) is 0 Å². The Morgan fingerprint density at radius 2 is 2.00 bits per heavy atom. The zero-order valence-corrected chi connectivity index (χ0v) is 17.0. The first-order valence-electron chi connectivity index (χ1n) is 9.98. The molecule has 0 radical (unpaired) electrons. The molecule has 158 valence electrons. The zero-order valence-electron chi connectivity index (χ0n) is 17.0. The summed E-state index contributed by atoms with van der Waals surface area (Å²) in [5, 5.41) is 10.3. The van der Waals surface area contributed by atoms with Crippen LogP contribution in [0, 0.1) is 17.7 Å². The lowest BCUT2D eigenvalue weighted by Gasteiger charge is -2.28. The Balaban J connectivity index is 1.45. The van der Waals surface area contributed by atoms with Gasteiger partial charge in [-0.3, -0.25) is 13.9 Å². The van der Waals surface area contributed by atoms with Gasteiger partial charge in [-0.15, -0.1) is 0 Å². The highest BCUT2D eigenvalue weighted by Crippen LogP contribution is 2.32. The maximum Gasteiger partial charge on any atom is 0.328 e. The van der Waals surface area contributed by atoms with E-state index in [1.807, 2.05) is 0 Å². The fourth-order valence-corrected chi connectivity index (χ4v) is 4.21. The van der Waals surface area contributed by atoms with E-state index in [4.69, 9.17) is 4.74 Å². The van der Waals surface area contributed by atoms with Gasteiger partial charge in [-0.1, -0.05) is 0 Å². The van der Waals surface area contributed by atoms with Crippen molar-refractivity contribution in [3.05, 3.63) is 46.9 Å². The predicted octanol–water partition coefficient (Wildman–Crippen LogP) is 2.72. The van der Waals surface area contributed by atoms with Crippen LogP contribution in [0.5, 0.6) is 5.75 Å². The third kappa shape index (κ3) is 3.79. The first-order chi connectivity index (χ1) is 14.5. The van der Waals surface area contributed by atoms with Crippen LogP contribution in [0.4, 0.5) is 10.1 Å². The molecule has 1 N–H and O–H groups in total. The minimum atomic E-state index is -0.492. The number of aromatic nitrogens is 4. The van der Waals surface area contributed by atoms with E-state index in [2.05, 4.69) is 15.5 Å². The molecule has 1 aliphatic rings. The van der Waals surface area contributed by atoms with Crippen molar-refractivity contribution < 1.29 is 13.9 Å². The number of fused-ring (bicyclic) bond motifs is 1. The van der Waals surface area contributed by atoms with Gasteiger partial charge in [0.15, 0.2) is 11.6 Å². The van der Waals surface area contributed by atoms with Crippen LogP contribution >= 0.6 is 0 Å². The molecule has 0 saturated heterocycles. The van der Waals surface area contributed by atoms with Crippen molar-refractivity contribution in [3.8, 4) is 5.75 Å². The second kappa shape index (κ2) is 8.25. The third-order valence-electron chi connectivity index (χ3n) is 5.93. The van der Waals surface area contributed by atoms with E-state index in [1.54, 1.807) is 23.7 Å². The molecule has 8 nitrogen and oxygen atoms in total. The molecule has 30 heavy (non-hydrogen) atoms. The molecular formula is C21H24FN5O3. The Morgan fingerprint density at radius 3 is 2.67 bits per heavy atom. The van der Waals surface area contributed by atoms with Crippen LogP contribution in [0.3, 0.4) is 0 Å². The smallest absolute Gasteiger partial charge is 0.328 e. The van der Waals surface area contributed by atoms with E-state index >= 15 is 0 Å². The molecule has 1 fully saturated rings. The number of imidazole rings is 1. The van der Waals surface area contributed by atoms with Gasteiger partial charge < -0.3 is 10.1 Å². The molecule has 0 spiro atoms. The van der Waals surface area contributed by atoms with Crippen LogP contribution in [0.15, 0.2) is 35.4 Å². The summed E-state index contributed by atoms with van der Waals surface area (Å²) in [7, 11) is 3.05. The van der Waals surface area contributed by atoms with Gasteiger partial charge in [0.05, 0.1) is 36.2 Å². The van der Waals surface area contributed by atoms with Crippen molar-refractivity contribution in [1.82, 2.24) is 19.3 Å². The summed E-state index contributed by atoms with van der Waals surface area (Å²) in [6.07, 6.45) is 6.25. The van der Waals surface area contributed by atoms with E-state index in [-0.39, 0.29) is 29.2 Å². The molecule has 0 atom stereocenters. The van der Waals surface area contributed by atoms with E-state index in [9.17, 15) is 14.0 Å². The quantitative estimate of drug-likeness (QED) is 0.695. The van der Waals surface area contributed by atoms with E-state index in [0.29, 0.717) is 23.3 Å². The summed E-state index contributed by atoms with van der Waals surface area (Å²) in [5.41, 5.74) is 1.66. The van der Waals surface area contributed by atoms with Gasteiger partial charge in [-0.2, -0.15) is 10.2 Å². The highest BCUT2D eigenvalue weighted by molar-refractivity contribution is 5.92. The number of amides is 1. The molecule has 2 aromatic heterocycles. The summed E-state index contributed by atoms with van der Waals surface area (Å²) in [6.45, 7) is 0.535. The van der Waals surface area contributed by atoms with Gasteiger partial charge in [0.25, 0.3) is 0 Å². The largest absolute Gasteiger partial charge is 0.494 e. The number of methoxy groups -OCH3 is 1. The van der Waals surface area contributed by atoms with Crippen molar-refractivity contribution in [3.63, 3.8) is 0 Å². The highest BCUT2D eigenvalue weighted by atomic mass is 19.1. The summed E-state index contributed by atoms with van der Waals surface area (Å²) in [5.74, 6) is -0.172. The summed E-state index contributed by atoms with van der Waals surface area (Å²) < 4.78 is 22.3. The van der Waals surface area contributed by atoms with Crippen molar-refractivity contribution in [2.75, 3.05) is 12.4 Å². The standard InChI is InChI=1S/C21H24FN5O3/c1-26-17-9-16(22)19(30-2)10-18(17)27(21(26)29)12-13-3-5-14(6-4-13)20(28)25-15-7-8-23-24-11-15/h7-11,13-14H,3-6,12H2,1-2H3,(H,23,25,28). The van der Waals surface area contributed by atoms with Crippen molar-refractivity contribution in [1.29, 1.82) is 0 Å². The predicted molar refractivity (Wildman–Crippen MR) is 110 cm³/mol. The maximum atomic E-state index is 14.1. The van der Waals surface area contributed by atoms with E-state index < -0.39 is 5.82 Å². The summed E-state index contributed by atoms with van der Waals surface area (Å²) in [4.78, 5) is 25.2. The molecule has 3 aromatic rings. The Morgan fingerprint density at radius 1 is 1.23 bits per heavy atom. The number of nitrogens with zero attached hydrogens (tertiary/aromatic N) is 4. The first kappa shape index (κ1) is 20.1. The number of rotatable bonds is 5. The number of nitrogens with one attached hydrogen (secondary N) is 1. The second-order valence-electron chi connectivity index (χ2n) is 7.77. The number of carbonyl (C=O) groups is 1. The van der Waals surface area contributed by atoms with Crippen LogP contribution in [0.25, 0.3) is 11.0 Å².